The lowest BCUT2D eigenvalue weighted by atomic mass is 10.1. The Labute approximate surface area is 86.8 Å². The molecule has 2 unspecified atom stereocenters. The SMILES string of the molecule is CC(OCC1CO1)c1ccc(F)cc1F. The number of benzene rings is 1. The zero-order valence-corrected chi connectivity index (χ0v) is 8.37. The molecule has 0 amide bonds. The van der Waals surface area contributed by atoms with Crippen LogP contribution in [0, 0.1) is 11.6 Å². The number of rotatable bonds is 4. The van der Waals surface area contributed by atoms with Crippen molar-refractivity contribution < 1.29 is 18.3 Å². The largest absolute Gasteiger partial charge is 0.371 e. The first-order valence-electron chi connectivity index (χ1n) is 4.85. The van der Waals surface area contributed by atoms with Gasteiger partial charge in [0.1, 0.15) is 17.7 Å². The van der Waals surface area contributed by atoms with Gasteiger partial charge in [0.15, 0.2) is 0 Å². The van der Waals surface area contributed by atoms with Crippen LogP contribution in [-0.2, 0) is 9.47 Å². The summed E-state index contributed by atoms with van der Waals surface area (Å²) in [4.78, 5) is 0. The Morgan fingerprint density at radius 2 is 2.27 bits per heavy atom. The topological polar surface area (TPSA) is 21.8 Å². The van der Waals surface area contributed by atoms with Crippen molar-refractivity contribution in [2.45, 2.75) is 19.1 Å². The highest BCUT2D eigenvalue weighted by atomic mass is 19.1. The minimum Gasteiger partial charge on any atom is -0.371 e. The maximum absolute atomic E-state index is 13.3. The molecule has 0 aliphatic carbocycles. The van der Waals surface area contributed by atoms with E-state index in [1.807, 2.05) is 0 Å². The van der Waals surface area contributed by atoms with Gasteiger partial charge in [-0.15, -0.1) is 0 Å². The van der Waals surface area contributed by atoms with Crippen LogP contribution >= 0.6 is 0 Å². The molecule has 0 N–H and O–H groups in total. The number of ether oxygens (including phenoxy) is 2. The first-order chi connectivity index (χ1) is 7.16. The maximum Gasteiger partial charge on any atom is 0.131 e. The molecule has 1 saturated heterocycles. The van der Waals surface area contributed by atoms with Gasteiger partial charge in [0, 0.05) is 11.6 Å². The van der Waals surface area contributed by atoms with Gasteiger partial charge in [-0.3, -0.25) is 0 Å². The molecule has 0 radical (unpaired) electrons. The molecule has 2 rings (SSSR count). The summed E-state index contributed by atoms with van der Waals surface area (Å²) in [6.45, 7) is 2.90. The van der Waals surface area contributed by atoms with Crippen LogP contribution in [0.4, 0.5) is 8.78 Å². The highest BCUT2D eigenvalue weighted by Gasteiger charge is 2.24. The van der Waals surface area contributed by atoms with Crippen molar-refractivity contribution in [3.8, 4) is 0 Å². The minimum atomic E-state index is -0.575. The average Bonchev–Trinajstić information content (AvgIpc) is 2.97. The van der Waals surface area contributed by atoms with Crippen molar-refractivity contribution in [2.75, 3.05) is 13.2 Å². The van der Waals surface area contributed by atoms with E-state index < -0.39 is 11.6 Å². The second-order valence-corrected chi connectivity index (χ2v) is 3.60. The van der Waals surface area contributed by atoms with E-state index >= 15 is 0 Å². The van der Waals surface area contributed by atoms with Gasteiger partial charge in [0.05, 0.1) is 19.3 Å². The average molecular weight is 214 g/mol. The van der Waals surface area contributed by atoms with E-state index in [2.05, 4.69) is 0 Å². The van der Waals surface area contributed by atoms with Gasteiger partial charge in [0.2, 0.25) is 0 Å². The van der Waals surface area contributed by atoms with Crippen LogP contribution in [0.3, 0.4) is 0 Å². The Morgan fingerprint density at radius 3 is 2.87 bits per heavy atom. The van der Waals surface area contributed by atoms with E-state index in [4.69, 9.17) is 9.47 Å². The zero-order valence-electron chi connectivity index (χ0n) is 8.37. The third-order valence-electron chi connectivity index (χ3n) is 2.33. The van der Waals surface area contributed by atoms with Gasteiger partial charge in [-0.1, -0.05) is 6.07 Å². The number of hydrogen-bond acceptors (Lipinski definition) is 2. The molecule has 1 heterocycles. The molecule has 1 aromatic rings. The molecule has 1 fully saturated rings. The van der Waals surface area contributed by atoms with E-state index in [-0.39, 0.29) is 12.2 Å². The molecule has 2 nitrogen and oxygen atoms in total. The third kappa shape index (κ3) is 2.73. The van der Waals surface area contributed by atoms with Gasteiger partial charge in [-0.05, 0) is 13.0 Å². The summed E-state index contributed by atoms with van der Waals surface area (Å²) in [6, 6.07) is 3.50. The molecule has 0 aromatic heterocycles. The van der Waals surface area contributed by atoms with E-state index in [1.165, 1.54) is 12.1 Å². The molecule has 4 heteroatoms. The molecule has 0 bridgehead atoms. The molecular formula is C11H12F2O2. The lowest BCUT2D eigenvalue weighted by Crippen LogP contribution is -2.07. The third-order valence-corrected chi connectivity index (χ3v) is 2.33. The summed E-state index contributed by atoms with van der Waals surface area (Å²) in [5.41, 5.74) is 0.372. The smallest absolute Gasteiger partial charge is 0.131 e. The molecular weight excluding hydrogens is 202 g/mol. The number of halogens is 2. The Morgan fingerprint density at radius 1 is 1.53 bits per heavy atom. The fourth-order valence-corrected chi connectivity index (χ4v) is 1.34. The van der Waals surface area contributed by atoms with Crippen molar-refractivity contribution in [1.29, 1.82) is 0 Å². The van der Waals surface area contributed by atoms with Gasteiger partial charge in [0.25, 0.3) is 0 Å². The predicted octanol–water partition coefficient (Wildman–Crippen LogP) is 2.44. The highest BCUT2D eigenvalue weighted by Crippen LogP contribution is 2.22. The van der Waals surface area contributed by atoms with Crippen LogP contribution in [0.25, 0.3) is 0 Å². The van der Waals surface area contributed by atoms with E-state index in [9.17, 15) is 8.78 Å². The van der Waals surface area contributed by atoms with E-state index in [0.717, 1.165) is 6.07 Å². The van der Waals surface area contributed by atoms with Crippen LogP contribution in [0.2, 0.25) is 0 Å². The van der Waals surface area contributed by atoms with E-state index in [0.29, 0.717) is 18.8 Å². The van der Waals surface area contributed by atoms with Gasteiger partial charge in [-0.2, -0.15) is 0 Å². The molecule has 1 aliphatic heterocycles. The van der Waals surface area contributed by atoms with Crippen LogP contribution < -0.4 is 0 Å². The summed E-state index contributed by atoms with van der Waals surface area (Å²) in [5.74, 6) is -1.15. The summed E-state index contributed by atoms with van der Waals surface area (Å²) < 4.78 is 36.3. The lowest BCUT2D eigenvalue weighted by Gasteiger charge is -2.13. The second kappa shape index (κ2) is 4.24. The van der Waals surface area contributed by atoms with Crippen LogP contribution in [0.15, 0.2) is 18.2 Å². The molecule has 1 aromatic carbocycles. The Kier molecular flexibility index (Phi) is 2.98. The van der Waals surface area contributed by atoms with Gasteiger partial charge < -0.3 is 9.47 Å². The lowest BCUT2D eigenvalue weighted by molar-refractivity contribution is 0.0517. The first kappa shape index (κ1) is 10.5. The summed E-state index contributed by atoms with van der Waals surface area (Å²) in [7, 11) is 0. The van der Waals surface area contributed by atoms with Gasteiger partial charge >= 0.3 is 0 Å². The molecule has 1 aliphatic rings. The second-order valence-electron chi connectivity index (χ2n) is 3.60. The van der Waals surface area contributed by atoms with Gasteiger partial charge in [-0.25, -0.2) is 8.78 Å². The fraction of sp³-hybridized carbons (Fsp3) is 0.455. The molecule has 15 heavy (non-hydrogen) atoms. The standard InChI is InChI=1S/C11H12F2O2/c1-7(14-5-9-6-15-9)10-3-2-8(12)4-11(10)13/h2-4,7,9H,5-6H2,1H3. The summed E-state index contributed by atoms with van der Waals surface area (Å²) in [5, 5.41) is 0. The minimum absolute atomic E-state index is 0.149. The maximum atomic E-state index is 13.3. The Bertz CT molecular complexity index is 350. The molecule has 82 valence electrons. The zero-order chi connectivity index (χ0) is 10.8. The first-order valence-corrected chi connectivity index (χ1v) is 4.85. The van der Waals surface area contributed by atoms with Crippen LogP contribution in [-0.4, -0.2) is 19.3 Å². The fourth-order valence-electron chi connectivity index (χ4n) is 1.34. The summed E-state index contributed by atoms with van der Waals surface area (Å²) >= 11 is 0. The molecule has 0 spiro atoms. The summed E-state index contributed by atoms with van der Waals surface area (Å²) in [6.07, 6.45) is -0.231. The van der Waals surface area contributed by atoms with Crippen molar-refractivity contribution in [1.82, 2.24) is 0 Å². The number of epoxide rings is 1. The van der Waals surface area contributed by atoms with Crippen LogP contribution in [0.5, 0.6) is 0 Å². The molecule has 2 atom stereocenters. The Balaban J connectivity index is 1.99. The highest BCUT2D eigenvalue weighted by molar-refractivity contribution is 5.20. The molecule has 0 saturated carbocycles. The van der Waals surface area contributed by atoms with E-state index in [1.54, 1.807) is 6.92 Å². The van der Waals surface area contributed by atoms with Crippen molar-refractivity contribution in [2.24, 2.45) is 0 Å². The number of hydrogen-bond donors (Lipinski definition) is 0. The van der Waals surface area contributed by atoms with Crippen LogP contribution in [0.1, 0.15) is 18.6 Å². The normalized spacial score (nSPS) is 21.4. The van der Waals surface area contributed by atoms with Crippen molar-refractivity contribution >= 4 is 0 Å². The monoisotopic (exact) mass is 214 g/mol. The van der Waals surface area contributed by atoms with Crippen molar-refractivity contribution in [3.63, 3.8) is 0 Å². The quantitative estimate of drug-likeness (QED) is 0.718. The predicted molar refractivity (Wildman–Crippen MR) is 50.5 cm³/mol. The Hall–Kier alpha value is -1.00. The van der Waals surface area contributed by atoms with Crippen molar-refractivity contribution in [3.05, 3.63) is 35.4 Å².